The summed E-state index contributed by atoms with van der Waals surface area (Å²) in [5, 5.41) is 9.93. The number of nitrogens with two attached hydrogens (primary N) is 1. The highest BCUT2D eigenvalue weighted by molar-refractivity contribution is 7.89. The van der Waals surface area contributed by atoms with Crippen LogP contribution in [0.25, 0.3) is 10.2 Å². The molecule has 0 bridgehead atoms. The molecule has 3 N–H and O–H groups in total. The van der Waals surface area contributed by atoms with Crippen LogP contribution < -0.4 is 10.5 Å². The molecule has 6 nitrogen and oxygen atoms in total. The largest absolute Gasteiger partial charge is 0.369 e. The first-order chi connectivity index (χ1) is 8.06. The van der Waals surface area contributed by atoms with Crippen LogP contribution in [0.2, 0.25) is 0 Å². The van der Waals surface area contributed by atoms with Crippen molar-refractivity contribution >= 4 is 37.4 Å². The zero-order chi connectivity index (χ0) is 12.3. The lowest BCUT2D eigenvalue weighted by Crippen LogP contribution is -2.18. The SMILES string of the molecule is NS(=O)(=O)CCCNc1ncnc2ccsc12. The Labute approximate surface area is 103 Å². The molecule has 2 aromatic rings. The highest BCUT2D eigenvalue weighted by Crippen LogP contribution is 2.24. The average Bonchev–Trinajstić information content (AvgIpc) is 2.71. The minimum atomic E-state index is -3.38. The van der Waals surface area contributed by atoms with Crippen molar-refractivity contribution in [3.63, 3.8) is 0 Å². The van der Waals surface area contributed by atoms with Crippen molar-refractivity contribution in [2.45, 2.75) is 6.42 Å². The van der Waals surface area contributed by atoms with Crippen molar-refractivity contribution in [2.24, 2.45) is 5.14 Å². The zero-order valence-electron chi connectivity index (χ0n) is 8.96. The summed E-state index contributed by atoms with van der Waals surface area (Å²) < 4.78 is 22.5. The van der Waals surface area contributed by atoms with Gasteiger partial charge in [0.15, 0.2) is 0 Å². The number of rotatable bonds is 5. The lowest BCUT2D eigenvalue weighted by atomic mass is 10.4. The molecule has 0 saturated heterocycles. The Balaban J connectivity index is 1.97. The number of nitrogens with one attached hydrogen (secondary N) is 1. The molecule has 0 aliphatic rings. The van der Waals surface area contributed by atoms with Crippen LogP contribution in [-0.4, -0.2) is 30.7 Å². The molecule has 0 amide bonds. The average molecular weight is 272 g/mol. The van der Waals surface area contributed by atoms with Gasteiger partial charge in [-0.25, -0.2) is 23.5 Å². The molecule has 0 aromatic carbocycles. The smallest absolute Gasteiger partial charge is 0.209 e. The highest BCUT2D eigenvalue weighted by Gasteiger charge is 2.05. The summed E-state index contributed by atoms with van der Waals surface area (Å²) in [6, 6.07) is 1.91. The molecular formula is C9H12N4O2S2. The Hall–Kier alpha value is -1.25. The van der Waals surface area contributed by atoms with Crippen LogP contribution in [0.1, 0.15) is 6.42 Å². The highest BCUT2D eigenvalue weighted by atomic mass is 32.2. The first-order valence-corrected chi connectivity index (χ1v) is 7.58. The number of fused-ring (bicyclic) bond motifs is 1. The van der Waals surface area contributed by atoms with Crippen LogP contribution in [0.5, 0.6) is 0 Å². The van der Waals surface area contributed by atoms with E-state index in [9.17, 15) is 8.42 Å². The number of primary sulfonamides is 1. The van der Waals surface area contributed by atoms with Gasteiger partial charge in [0.05, 0.1) is 16.0 Å². The maximum Gasteiger partial charge on any atom is 0.209 e. The molecule has 0 fully saturated rings. The molecule has 8 heteroatoms. The molecule has 2 rings (SSSR count). The Kier molecular flexibility index (Phi) is 3.55. The third-order valence-corrected chi connectivity index (χ3v) is 3.91. The van der Waals surface area contributed by atoms with Crippen LogP contribution in [0.4, 0.5) is 5.82 Å². The van der Waals surface area contributed by atoms with E-state index in [1.165, 1.54) is 6.33 Å². The summed E-state index contributed by atoms with van der Waals surface area (Å²) in [6.07, 6.45) is 1.94. The molecule has 92 valence electrons. The summed E-state index contributed by atoms with van der Waals surface area (Å²) in [6.45, 7) is 0.514. The summed E-state index contributed by atoms with van der Waals surface area (Å²) in [5.74, 6) is 0.706. The van der Waals surface area contributed by atoms with E-state index in [1.807, 2.05) is 11.4 Å². The second kappa shape index (κ2) is 4.94. The molecule has 0 aliphatic carbocycles. The van der Waals surface area contributed by atoms with Crippen LogP contribution in [0.3, 0.4) is 0 Å². The van der Waals surface area contributed by atoms with Crippen LogP contribution in [0, 0.1) is 0 Å². The monoisotopic (exact) mass is 272 g/mol. The quantitative estimate of drug-likeness (QED) is 0.784. The minimum absolute atomic E-state index is 0.0291. The number of sulfonamides is 1. The lowest BCUT2D eigenvalue weighted by molar-refractivity contribution is 0.596. The standard InChI is InChI=1S/C9H12N4O2S2/c10-17(14,15)5-1-3-11-9-8-7(2-4-16-8)12-6-13-9/h2,4,6H,1,3,5H2,(H2,10,14,15)(H,11,12,13). The van der Waals surface area contributed by atoms with Crippen LogP contribution in [0.15, 0.2) is 17.8 Å². The number of hydrogen-bond acceptors (Lipinski definition) is 6. The van der Waals surface area contributed by atoms with Crippen molar-refractivity contribution in [1.29, 1.82) is 0 Å². The topological polar surface area (TPSA) is 98.0 Å². The van der Waals surface area contributed by atoms with Crippen molar-refractivity contribution in [1.82, 2.24) is 9.97 Å². The molecular weight excluding hydrogens is 260 g/mol. The molecule has 0 spiro atoms. The molecule has 0 saturated carbocycles. The van der Waals surface area contributed by atoms with Gasteiger partial charge in [-0.15, -0.1) is 11.3 Å². The molecule has 2 aromatic heterocycles. The van der Waals surface area contributed by atoms with Crippen LogP contribution >= 0.6 is 11.3 Å². The zero-order valence-corrected chi connectivity index (χ0v) is 10.6. The van der Waals surface area contributed by atoms with Crippen molar-refractivity contribution in [3.8, 4) is 0 Å². The number of aromatic nitrogens is 2. The summed E-state index contributed by atoms with van der Waals surface area (Å²) in [5.41, 5.74) is 0.888. The fraction of sp³-hybridized carbons (Fsp3) is 0.333. The van der Waals surface area contributed by atoms with Gasteiger partial charge in [-0.2, -0.15) is 0 Å². The van der Waals surface area contributed by atoms with E-state index in [4.69, 9.17) is 5.14 Å². The van der Waals surface area contributed by atoms with E-state index in [0.717, 1.165) is 16.0 Å². The normalized spacial score (nSPS) is 11.8. The van der Waals surface area contributed by atoms with E-state index in [1.54, 1.807) is 11.3 Å². The molecule has 0 radical (unpaired) electrons. The van der Waals surface area contributed by atoms with Gasteiger partial charge in [-0.05, 0) is 17.9 Å². The maximum absolute atomic E-state index is 10.7. The Morgan fingerprint density at radius 3 is 3.00 bits per heavy atom. The summed E-state index contributed by atoms with van der Waals surface area (Å²) in [7, 11) is -3.38. The Morgan fingerprint density at radius 2 is 2.24 bits per heavy atom. The molecule has 17 heavy (non-hydrogen) atoms. The van der Waals surface area contributed by atoms with E-state index in [2.05, 4.69) is 15.3 Å². The van der Waals surface area contributed by atoms with Crippen molar-refractivity contribution in [3.05, 3.63) is 17.8 Å². The van der Waals surface area contributed by atoms with Gasteiger partial charge in [0.1, 0.15) is 12.1 Å². The summed E-state index contributed by atoms with van der Waals surface area (Å²) >= 11 is 1.55. The maximum atomic E-state index is 10.7. The van der Waals surface area contributed by atoms with Gasteiger partial charge in [0.25, 0.3) is 0 Å². The first kappa shape index (κ1) is 12.2. The van der Waals surface area contributed by atoms with Gasteiger partial charge in [-0.3, -0.25) is 0 Å². The van der Waals surface area contributed by atoms with Crippen molar-refractivity contribution < 1.29 is 8.42 Å². The number of anilines is 1. The summed E-state index contributed by atoms with van der Waals surface area (Å²) in [4.78, 5) is 8.23. The fourth-order valence-electron chi connectivity index (χ4n) is 1.39. The second-order valence-corrected chi connectivity index (χ2v) is 6.15. The van der Waals surface area contributed by atoms with Gasteiger partial charge >= 0.3 is 0 Å². The molecule has 0 unspecified atom stereocenters. The first-order valence-electron chi connectivity index (χ1n) is 4.99. The second-order valence-electron chi connectivity index (χ2n) is 3.50. The Morgan fingerprint density at radius 1 is 1.41 bits per heavy atom. The van der Waals surface area contributed by atoms with Crippen molar-refractivity contribution in [2.75, 3.05) is 17.6 Å². The van der Waals surface area contributed by atoms with Gasteiger partial charge in [0.2, 0.25) is 10.0 Å². The van der Waals surface area contributed by atoms with Crippen LogP contribution in [-0.2, 0) is 10.0 Å². The predicted molar refractivity (Wildman–Crippen MR) is 68.5 cm³/mol. The van der Waals surface area contributed by atoms with E-state index >= 15 is 0 Å². The third-order valence-electron chi connectivity index (χ3n) is 2.14. The van der Waals surface area contributed by atoms with Gasteiger partial charge in [0, 0.05) is 6.54 Å². The minimum Gasteiger partial charge on any atom is -0.369 e. The number of hydrogen-bond donors (Lipinski definition) is 2. The molecule has 0 aliphatic heterocycles. The lowest BCUT2D eigenvalue weighted by Gasteiger charge is -2.05. The van der Waals surface area contributed by atoms with Gasteiger partial charge in [-0.1, -0.05) is 0 Å². The number of nitrogens with zero attached hydrogens (tertiary/aromatic N) is 2. The number of thiophene rings is 1. The van der Waals surface area contributed by atoms with E-state index < -0.39 is 10.0 Å². The molecule has 0 atom stereocenters. The predicted octanol–water partition coefficient (Wildman–Crippen LogP) is 0.782. The van der Waals surface area contributed by atoms with E-state index in [0.29, 0.717) is 13.0 Å². The van der Waals surface area contributed by atoms with E-state index in [-0.39, 0.29) is 5.75 Å². The van der Waals surface area contributed by atoms with Gasteiger partial charge < -0.3 is 5.32 Å². The third kappa shape index (κ3) is 3.35. The molecule has 2 heterocycles. The fourth-order valence-corrected chi connectivity index (χ4v) is 2.75. The Bertz CT molecular complexity index is 608.